The minimum atomic E-state index is 0.108. The van der Waals surface area contributed by atoms with Crippen LogP contribution in [0.25, 0.3) is 0 Å². The van der Waals surface area contributed by atoms with Crippen LogP contribution in [0.3, 0.4) is 0 Å². The zero-order valence-electron chi connectivity index (χ0n) is 20.3. The summed E-state index contributed by atoms with van der Waals surface area (Å²) in [6.07, 6.45) is 4.90. The lowest BCUT2D eigenvalue weighted by Crippen LogP contribution is -2.31. The molecule has 0 spiro atoms. The molecule has 1 aromatic heterocycles. The van der Waals surface area contributed by atoms with E-state index in [4.69, 9.17) is 4.74 Å². The Labute approximate surface area is 207 Å². The quantitative estimate of drug-likeness (QED) is 0.464. The van der Waals surface area contributed by atoms with E-state index in [0.717, 1.165) is 56.0 Å². The number of aromatic nitrogens is 2. The number of benzene rings is 2. The van der Waals surface area contributed by atoms with E-state index in [1.165, 1.54) is 5.56 Å². The molecule has 2 heterocycles. The smallest absolute Gasteiger partial charge is 0.221 e. The summed E-state index contributed by atoms with van der Waals surface area (Å²) in [5.41, 5.74) is 2.98. The topological polar surface area (TPSA) is 91.4 Å². The van der Waals surface area contributed by atoms with Gasteiger partial charge in [0.05, 0.1) is 12.3 Å². The minimum absolute atomic E-state index is 0.108. The first-order valence-electron chi connectivity index (χ1n) is 12.4. The number of carbonyl (C=O) groups excluding carboxylic acids is 1. The van der Waals surface area contributed by atoms with E-state index in [1.54, 1.807) is 6.33 Å². The Bertz CT molecular complexity index is 1110. The van der Waals surface area contributed by atoms with Crippen molar-refractivity contribution in [2.45, 2.75) is 39.2 Å². The van der Waals surface area contributed by atoms with Crippen LogP contribution in [0, 0.1) is 0 Å². The largest absolute Gasteiger partial charge is 0.491 e. The van der Waals surface area contributed by atoms with Gasteiger partial charge < -0.3 is 20.7 Å². The molecule has 4 rings (SSSR count). The number of fused-ring (bicyclic) bond motifs is 5. The number of nitrogens with zero attached hydrogens (tertiary/aromatic N) is 3. The maximum absolute atomic E-state index is 12.3. The normalized spacial score (nSPS) is 16.2. The number of ether oxygens (including phenoxy) is 1. The van der Waals surface area contributed by atoms with Crippen LogP contribution in [0.2, 0.25) is 0 Å². The van der Waals surface area contributed by atoms with Crippen molar-refractivity contribution >= 4 is 28.9 Å². The number of amides is 1. The SMILES string of the molecule is CCN1CCC(=O)NCCCCCOc2ccccc2Nc2cc(ncn2)Nc2cccc(c2)C1. The monoisotopic (exact) mass is 474 g/mol. The summed E-state index contributed by atoms with van der Waals surface area (Å²) in [7, 11) is 0. The van der Waals surface area contributed by atoms with E-state index in [0.29, 0.717) is 31.2 Å². The zero-order valence-corrected chi connectivity index (χ0v) is 20.3. The minimum Gasteiger partial charge on any atom is -0.491 e. The Morgan fingerprint density at radius 2 is 1.83 bits per heavy atom. The van der Waals surface area contributed by atoms with Crippen LogP contribution in [-0.2, 0) is 11.3 Å². The Kier molecular flexibility index (Phi) is 8.89. The fourth-order valence-corrected chi connectivity index (χ4v) is 3.99. The summed E-state index contributed by atoms with van der Waals surface area (Å²) in [6.45, 7) is 5.84. The fourth-order valence-electron chi connectivity index (χ4n) is 3.99. The van der Waals surface area contributed by atoms with Gasteiger partial charge in [-0.25, -0.2) is 9.97 Å². The summed E-state index contributed by atoms with van der Waals surface area (Å²) in [5.74, 6) is 2.27. The highest BCUT2D eigenvalue weighted by molar-refractivity contribution is 5.76. The van der Waals surface area contributed by atoms with Gasteiger partial charge in [-0.1, -0.05) is 31.2 Å². The lowest BCUT2D eigenvalue weighted by Gasteiger charge is -2.21. The fraction of sp³-hybridized carbons (Fsp3) is 0.370. The van der Waals surface area contributed by atoms with Gasteiger partial charge in [0, 0.05) is 37.8 Å². The molecule has 1 amide bonds. The molecule has 0 atom stereocenters. The Morgan fingerprint density at radius 3 is 2.71 bits per heavy atom. The Morgan fingerprint density at radius 1 is 0.971 bits per heavy atom. The lowest BCUT2D eigenvalue weighted by molar-refractivity contribution is -0.121. The predicted octanol–water partition coefficient (Wildman–Crippen LogP) is 4.85. The van der Waals surface area contributed by atoms with Crippen LogP contribution in [-0.4, -0.2) is 47.0 Å². The molecule has 3 aromatic rings. The summed E-state index contributed by atoms with van der Waals surface area (Å²) in [4.78, 5) is 23.3. The van der Waals surface area contributed by atoms with Crippen molar-refractivity contribution in [1.29, 1.82) is 0 Å². The summed E-state index contributed by atoms with van der Waals surface area (Å²) < 4.78 is 6.03. The van der Waals surface area contributed by atoms with Gasteiger partial charge in [-0.3, -0.25) is 9.69 Å². The van der Waals surface area contributed by atoms with Gasteiger partial charge in [-0.15, -0.1) is 0 Å². The van der Waals surface area contributed by atoms with Crippen molar-refractivity contribution in [1.82, 2.24) is 20.2 Å². The first-order chi connectivity index (χ1) is 17.2. The second-order valence-electron chi connectivity index (χ2n) is 8.61. The summed E-state index contributed by atoms with van der Waals surface area (Å²) in [5, 5.41) is 9.78. The van der Waals surface area contributed by atoms with E-state index in [9.17, 15) is 4.79 Å². The first-order valence-corrected chi connectivity index (χ1v) is 12.4. The molecule has 2 aromatic carbocycles. The standard InChI is InChI=1S/C27H34N6O2/c1-2-33-15-13-27(34)28-14-6-3-7-16-35-24-12-5-4-11-23(24)32-26-18-25(29-20-30-26)31-22-10-8-9-21(17-22)19-33/h4-5,8-12,17-18,20H,2-3,6-7,13-16,19H2,1H3,(H,28,34)(H2,29,30,31,32). The third kappa shape index (κ3) is 7.68. The van der Waals surface area contributed by atoms with E-state index in [1.807, 2.05) is 42.5 Å². The molecule has 184 valence electrons. The molecule has 0 saturated heterocycles. The number of carbonyl (C=O) groups is 1. The molecular formula is C27H34N6O2. The van der Waals surface area contributed by atoms with Crippen LogP contribution in [0.15, 0.2) is 60.9 Å². The van der Waals surface area contributed by atoms with Crippen molar-refractivity contribution in [3.63, 3.8) is 0 Å². The molecule has 1 aliphatic heterocycles. The molecule has 8 nitrogen and oxygen atoms in total. The number of hydrogen-bond acceptors (Lipinski definition) is 7. The Hall–Kier alpha value is -3.65. The zero-order chi connectivity index (χ0) is 24.3. The third-order valence-electron chi connectivity index (χ3n) is 5.93. The molecule has 0 radical (unpaired) electrons. The van der Waals surface area contributed by atoms with Crippen molar-refractivity contribution in [2.75, 3.05) is 36.9 Å². The molecule has 35 heavy (non-hydrogen) atoms. The van der Waals surface area contributed by atoms with Gasteiger partial charge in [0.2, 0.25) is 5.91 Å². The third-order valence-corrected chi connectivity index (χ3v) is 5.93. The van der Waals surface area contributed by atoms with E-state index in [2.05, 4.69) is 49.9 Å². The molecule has 0 unspecified atom stereocenters. The summed E-state index contributed by atoms with van der Waals surface area (Å²) >= 11 is 0. The molecule has 4 bridgehead atoms. The van der Waals surface area contributed by atoms with Gasteiger partial charge in [0.15, 0.2) is 0 Å². The molecule has 0 saturated carbocycles. The van der Waals surface area contributed by atoms with Gasteiger partial charge >= 0.3 is 0 Å². The number of anilines is 4. The van der Waals surface area contributed by atoms with Gasteiger partial charge in [-0.05, 0) is 55.6 Å². The van der Waals surface area contributed by atoms with Crippen LogP contribution >= 0.6 is 0 Å². The molecular weight excluding hydrogens is 440 g/mol. The van der Waals surface area contributed by atoms with Crippen molar-refractivity contribution < 1.29 is 9.53 Å². The van der Waals surface area contributed by atoms with Crippen LogP contribution < -0.4 is 20.7 Å². The van der Waals surface area contributed by atoms with Crippen LogP contribution in [0.1, 0.15) is 38.2 Å². The number of rotatable bonds is 1. The van der Waals surface area contributed by atoms with Crippen molar-refractivity contribution in [2.24, 2.45) is 0 Å². The number of para-hydroxylation sites is 2. The molecule has 1 aliphatic rings. The van der Waals surface area contributed by atoms with Crippen LogP contribution in [0.5, 0.6) is 5.75 Å². The van der Waals surface area contributed by atoms with Crippen molar-refractivity contribution in [3.05, 3.63) is 66.5 Å². The molecule has 0 fully saturated rings. The predicted molar refractivity (Wildman–Crippen MR) is 139 cm³/mol. The Balaban J connectivity index is 1.53. The van der Waals surface area contributed by atoms with E-state index in [-0.39, 0.29) is 5.91 Å². The number of hydrogen-bond donors (Lipinski definition) is 3. The highest BCUT2D eigenvalue weighted by Crippen LogP contribution is 2.28. The van der Waals surface area contributed by atoms with Gasteiger partial charge in [-0.2, -0.15) is 0 Å². The van der Waals surface area contributed by atoms with Gasteiger partial charge in [0.1, 0.15) is 23.7 Å². The van der Waals surface area contributed by atoms with Gasteiger partial charge in [0.25, 0.3) is 0 Å². The maximum atomic E-state index is 12.3. The number of nitrogens with one attached hydrogen (secondary N) is 3. The average molecular weight is 475 g/mol. The molecule has 3 N–H and O–H groups in total. The highest BCUT2D eigenvalue weighted by Gasteiger charge is 2.10. The molecule has 8 heteroatoms. The highest BCUT2D eigenvalue weighted by atomic mass is 16.5. The van der Waals surface area contributed by atoms with E-state index < -0.39 is 0 Å². The second kappa shape index (κ2) is 12.7. The maximum Gasteiger partial charge on any atom is 0.221 e. The first kappa shape index (κ1) is 24.5. The lowest BCUT2D eigenvalue weighted by atomic mass is 10.1. The van der Waals surface area contributed by atoms with Crippen molar-refractivity contribution in [3.8, 4) is 5.75 Å². The molecule has 0 aliphatic carbocycles. The summed E-state index contributed by atoms with van der Waals surface area (Å²) in [6, 6.07) is 18.0. The van der Waals surface area contributed by atoms with E-state index >= 15 is 0 Å². The second-order valence-corrected chi connectivity index (χ2v) is 8.61. The average Bonchev–Trinajstić information content (AvgIpc) is 2.87. The van der Waals surface area contributed by atoms with Crippen LogP contribution in [0.4, 0.5) is 23.0 Å².